The zero-order chi connectivity index (χ0) is 20.7. The minimum Gasteiger partial charge on any atom is -0.492 e. The molecule has 8 heteroatoms. The van der Waals surface area contributed by atoms with Gasteiger partial charge in [-0.2, -0.15) is 0 Å². The van der Waals surface area contributed by atoms with Gasteiger partial charge in [-0.3, -0.25) is 4.79 Å². The number of rotatable bonds is 9. The topological polar surface area (TPSA) is 84.5 Å². The molecule has 0 radical (unpaired) electrons. The molecule has 0 aliphatic carbocycles. The first-order valence-electron chi connectivity index (χ1n) is 9.04. The van der Waals surface area contributed by atoms with Crippen LogP contribution in [0.2, 0.25) is 0 Å². The summed E-state index contributed by atoms with van der Waals surface area (Å²) in [5.74, 6) is 0.386. The van der Waals surface area contributed by atoms with E-state index in [0.29, 0.717) is 13.2 Å². The lowest BCUT2D eigenvalue weighted by molar-refractivity contribution is 0.0946. The Morgan fingerprint density at radius 1 is 1.07 bits per heavy atom. The Kier molecular flexibility index (Phi) is 7.03. The van der Waals surface area contributed by atoms with Gasteiger partial charge in [0.1, 0.15) is 12.4 Å². The van der Waals surface area contributed by atoms with E-state index < -0.39 is 10.0 Å². The lowest BCUT2D eigenvalue weighted by atomic mass is 10.2. The smallest absolute Gasteiger partial charge is 0.251 e. The molecule has 0 saturated heterocycles. The number of hydrogen-bond donors (Lipinski definition) is 2. The zero-order valence-electron chi connectivity index (χ0n) is 15.9. The number of sulfonamides is 1. The molecule has 152 valence electrons. The SMILES string of the molecule is Cc1cccc(OCCNC(=O)c2cccc(S(=O)(=O)NCc3cccs3)c2)c1. The molecular weight excluding hydrogens is 408 g/mol. The molecule has 0 bridgehead atoms. The van der Waals surface area contributed by atoms with Crippen molar-refractivity contribution < 1.29 is 17.9 Å². The number of carbonyl (C=O) groups is 1. The van der Waals surface area contributed by atoms with Crippen molar-refractivity contribution in [2.45, 2.75) is 18.4 Å². The molecule has 3 rings (SSSR count). The summed E-state index contributed by atoms with van der Waals surface area (Å²) in [7, 11) is -3.71. The highest BCUT2D eigenvalue weighted by Gasteiger charge is 2.16. The van der Waals surface area contributed by atoms with Crippen LogP contribution in [0, 0.1) is 6.92 Å². The Labute approximate surface area is 174 Å². The van der Waals surface area contributed by atoms with E-state index in [1.54, 1.807) is 12.1 Å². The molecule has 29 heavy (non-hydrogen) atoms. The third kappa shape index (κ3) is 6.15. The van der Waals surface area contributed by atoms with Gasteiger partial charge in [-0.15, -0.1) is 11.3 Å². The molecule has 0 saturated carbocycles. The molecule has 0 spiro atoms. The van der Waals surface area contributed by atoms with Gasteiger partial charge in [0.05, 0.1) is 11.4 Å². The van der Waals surface area contributed by atoms with Crippen LogP contribution in [0.4, 0.5) is 0 Å². The standard InChI is InChI=1S/C21H22N2O4S2/c1-16-5-2-7-18(13-16)27-11-10-22-21(24)17-6-3-9-20(14-17)29(25,26)23-15-19-8-4-12-28-19/h2-9,12-14,23H,10-11,15H2,1H3,(H,22,24). The monoisotopic (exact) mass is 430 g/mol. The maximum atomic E-state index is 12.5. The van der Waals surface area contributed by atoms with Gasteiger partial charge in [0, 0.05) is 17.0 Å². The van der Waals surface area contributed by atoms with E-state index in [9.17, 15) is 13.2 Å². The molecule has 2 aromatic carbocycles. The van der Waals surface area contributed by atoms with E-state index in [1.165, 1.54) is 23.5 Å². The maximum absolute atomic E-state index is 12.5. The highest BCUT2D eigenvalue weighted by Crippen LogP contribution is 2.14. The number of hydrogen-bond acceptors (Lipinski definition) is 5. The van der Waals surface area contributed by atoms with Crippen LogP contribution in [0.3, 0.4) is 0 Å². The first kappa shape index (κ1) is 21.0. The van der Waals surface area contributed by atoms with Gasteiger partial charge in [0.2, 0.25) is 10.0 Å². The van der Waals surface area contributed by atoms with E-state index in [4.69, 9.17) is 4.74 Å². The lowest BCUT2D eigenvalue weighted by Gasteiger charge is -2.10. The van der Waals surface area contributed by atoms with Crippen molar-refractivity contribution in [1.29, 1.82) is 0 Å². The number of thiophene rings is 1. The highest BCUT2D eigenvalue weighted by atomic mass is 32.2. The van der Waals surface area contributed by atoms with Crippen LogP contribution in [-0.2, 0) is 16.6 Å². The van der Waals surface area contributed by atoms with Crippen molar-refractivity contribution in [2.75, 3.05) is 13.2 Å². The molecule has 1 heterocycles. The largest absolute Gasteiger partial charge is 0.492 e. The summed E-state index contributed by atoms with van der Waals surface area (Å²) in [5.41, 5.74) is 1.37. The summed E-state index contributed by atoms with van der Waals surface area (Å²) in [6.45, 7) is 2.81. The normalized spacial score (nSPS) is 11.2. The van der Waals surface area contributed by atoms with Crippen LogP contribution < -0.4 is 14.8 Å². The molecule has 0 fully saturated rings. The summed E-state index contributed by atoms with van der Waals surface area (Å²) < 4.78 is 33.1. The minimum atomic E-state index is -3.71. The molecule has 1 amide bonds. The Balaban J connectivity index is 1.54. The Morgan fingerprint density at radius 3 is 2.66 bits per heavy atom. The summed E-state index contributed by atoms with van der Waals surface area (Å²) in [5, 5.41) is 4.63. The molecule has 0 aliphatic heterocycles. The third-order valence-corrected chi connectivity index (χ3v) is 6.34. The quantitative estimate of drug-likeness (QED) is 0.510. The summed E-state index contributed by atoms with van der Waals surface area (Å²) in [6, 6.07) is 17.3. The van der Waals surface area contributed by atoms with Crippen molar-refractivity contribution in [3.63, 3.8) is 0 Å². The van der Waals surface area contributed by atoms with E-state index in [0.717, 1.165) is 16.2 Å². The van der Waals surface area contributed by atoms with Crippen molar-refractivity contribution in [3.05, 3.63) is 82.0 Å². The maximum Gasteiger partial charge on any atom is 0.251 e. The van der Waals surface area contributed by atoms with Crippen LogP contribution in [0.25, 0.3) is 0 Å². The molecule has 0 atom stereocenters. The second-order valence-electron chi connectivity index (χ2n) is 6.35. The first-order chi connectivity index (χ1) is 13.9. The summed E-state index contributed by atoms with van der Waals surface area (Å²) >= 11 is 1.47. The van der Waals surface area contributed by atoms with Crippen molar-refractivity contribution in [1.82, 2.24) is 10.0 Å². The van der Waals surface area contributed by atoms with Crippen LogP contribution in [0.15, 0.2) is 70.9 Å². The van der Waals surface area contributed by atoms with Crippen molar-refractivity contribution >= 4 is 27.3 Å². The van der Waals surface area contributed by atoms with E-state index in [1.807, 2.05) is 48.7 Å². The summed E-state index contributed by atoms with van der Waals surface area (Å²) in [4.78, 5) is 13.3. The predicted octanol–water partition coefficient (Wildman–Crippen LogP) is 3.34. The van der Waals surface area contributed by atoms with Crippen LogP contribution in [0.1, 0.15) is 20.8 Å². The van der Waals surface area contributed by atoms with Gasteiger partial charge < -0.3 is 10.1 Å². The predicted molar refractivity (Wildman–Crippen MR) is 114 cm³/mol. The zero-order valence-corrected chi connectivity index (χ0v) is 17.6. The first-order valence-corrected chi connectivity index (χ1v) is 11.4. The average molecular weight is 431 g/mol. The third-order valence-electron chi connectivity index (χ3n) is 4.07. The second kappa shape index (κ2) is 9.69. The van der Waals surface area contributed by atoms with Gasteiger partial charge in [-0.25, -0.2) is 13.1 Å². The van der Waals surface area contributed by atoms with Crippen molar-refractivity contribution in [2.24, 2.45) is 0 Å². The van der Waals surface area contributed by atoms with Gasteiger partial charge in [0.25, 0.3) is 5.91 Å². The number of nitrogens with one attached hydrogen (secondary N) is 2. The molecule has 0 unspecified atom stereocenters. The number of amides is 1. The highest BCUT2D eigenvalue weighted by molar-refractivity contribution is 7.89. The molecule has 3 aromatic rings. The van der Waals surface area contributed by atoms with Crippen LogP contribution in [0.5, 0.6) is 5.75 Å². The second-order valence-corrected chi connectivity index (χ2v) is 9.15. The Hall–Kier alpha value is -2.68. The van der Waals surface area contributed by atoms with Gasteiger partial charge in [0.15, 0.2) is 0 Å². The fourth-order valence-electron chi connectivity index (χ4n) is 2.61. The molecular formula is C21H22N2O4S2. The molecule has 6 nitrogen and oxygen atoms in total. The van der Waals surface area contributed by atoms with Gasteiger partial charge in [-0.1, -0.05) is 24.3 Å². The number of carbonyl (C=O) groups excluding carboxylic acids is 1. The molecule has 1 aromatic heterocycles. The number of ether oxygens (including phenoxy) is 1. The Bertz CT molecular complexity index is 1060. The number of benzene rings is 2. The fraction of sp³-hybridized carbons (Fsp3) is 0.190. The molecule has 2 N–H and O–H groups in total. The van der Waals surface area contributed by atoms with Crippen molar-refractivity contribution in [3.8, 4) is 5.75 Å². The fourth-order valence-corrected chi connectivity index (χ4v) is 4.40. The molecule has 0 aliphatic rings. The van der Waals surface area contributed by atoms with E-state index >= 15 is 0 Å². The Morgan fingerprint density at radius 2 is 1.90 bits per heavy atom. The van der Waals surface area contributed by atoms with Crippen LogP contribution in [-0.4, -0.2) is 27.5 Å². The van der Waals surface area contributed by atoms with Gasteiger partial charge >= 0.3 is 0 Å². The number of aryl methyl sites for hydroxylation is 1. The summed E-state index contributed by atoms with van der Waals surface area (Å²) in [6.07, 6.45) is 0. The average Bonchev–Trinajstić information content (AvgIpc) is 3.24. The van der Waals surface area contributed by atoms with E-state index in [2.05, 4.69) is 10.0 Å². The minimum absolute atomic E-state index is 0.0534. The van der Waals surface area contributed by atoms with Gasteiger partial charge in [-0.05, 0) is 54.3 Å². The van der Waals surface area contributed by atoms with Crippen LogP contribution >= 0.6 is 11.3 Å². The van der Waals surface area contributed by atoms with E-state index in [-0.39, 0.29) is 22.9 Å². The lowest BCUT2D eigenvalue weighted by Crippen LogP contribution is -2.28.